The lowest BCUT2D eigenvalue weighted by Crippen LogP contribution is -2.25. The largest absolute Gasteiger partial charge is 0.483 e. The molecule has 1 saturated heterocycles. The molecule has 3 rings (SSSR count). The number of nitrogens with zero attached hydrogens (tertiary/aromatic N) is 2. The second-order valence-electron chi connectivity index (χ2n) is 9.44. The number of carboxylic acid groups (broad SMARTS) is 1. The Balaban J connectivity index is 0.000000982. The molecule has 9 heteroatoms. The molecule has 0 saturated carbocycles. The molecule has 0 spiro atoms. The number of rotatable bonds is 5. The number of anilines is 2. The van der Waals surface area contributed by atoms with Gasteiger partial charge in [0.15, 0.2) is 0 Å². The minimum absolute atomic E-state index is 0.250. The standard InChI is InChI=1S/C25H35N5.CH3NO.CH2O2/c1-17-6-7-21(30-11-9-20(16-30)25(2,3)4)14-22(17)23(27)12-19(15-26)18-8-10-29-24(13-18)28-5;2*2-1-3/h6-8,10,12-15,20H,9,11,16,26-27H2,1-5H3,(H,28,29);1H,(H2,2,3);1H,(H,2,3)/b19-15+,23-12-;;. The Kier molecular flexibility index (Phi) is 12.0. The number of aromatic nitrogens is 1. The van der Waals surface area contributed by atoms with Gasteiger partial charge in [0.25, 0.3) is 6.47 Å². The third-order valence-electron chi connectivity index (χ3n) is 6.15. The molecule has 0 radical (unpaired) electrons. The maximum atomic E-state index is 8.58. The second kappa shape index (κ2) is 14.4. The van der Waals surface area contributed by atoms with Crippen molar-refractivity contribution in [1.29, 1.82) is 0 Å². The van der Waals surface area contributed by atoms with Crippen molar-refractivity contribution in [3.05, 3.63) is 65.5 Å². The number of amides is 1. The number of carbonyl (C=O) groups is 2. The van der Waals surface area contributed by atoms with Crippen molar-refractivity contribution in [2.45, 2.75) is 34.1 Å². The summed E-state index contributed by atoms with van der Waals surface area (Å²) in [6.07, 6.45) is 6.78. The average Bonchev–Trinajstić information content (AvgIpc) is 3.35. The lowest BCUT2D eigenvalue weighted by Gasteiger charge is -2.27. The van der Waals surface area contributed by atoms with Crippen LogP contribution < -0.4 is 27.4 Å². The molecule has 1 aromatic heterocycles. The van der Waals surface area contributed by atoms with Gasteiger partial charge in [-0.3, -0.25) is 9.59 Å². The molecule has 8 N–H and O–H groups in total. The van der Waals surface area contributed by atoms with Crippen molar-refractivity contribution < 1.29 is 14.7 Å². The topological polar surface area (TPSA) is 161 Å². The predicted octanol–water partition coefficient (Wildman–Crippen LogP) is 3.41. The number of benzene rings is 1. The molecule has 1 fully saturated rings. The van der Waals surface area contributed by atoms with E-state index in [0.29, 0.717) is 17.0 Å². The van der Waals surface area contributed by atoms with E-state index >= 15 is 0 Å². The summed E-state index contributed by atoms with van der Waals surface area (Å²) in [6, 6.07) is 10.5. The average molecular weight is 497 g/mol. The third-order valence-corrected chi connectivity index (χ3v) is 6.15. The Hall–Kier alpha value is -4.01. The van der Waals surface area contributed by atoms with Crippen molar-refractivity contribution >= 4 is 35.7 Å². The number of hydrogen-bond acceptors (Lipinski definition) is 7. The van der Waals surface area contributed by atoms with E-state index in [0.717, 1.165) is 41.2 Å². The zero-order valence-electron chi connectivity index (χ0n) is 21.9. The van der Waals surface area contributed by atoms with Gasteiger partial charge in [-0.15, -0.1) is 0 Å². The van der Waals surface area contributed by atoms with Gasteiger partial charge >= 0.3 is 0 Å². The van der Waals surface area contributed by atoms with Crippen LogP contribution in [0.2, 0.25) is 0 Å². The fourth-order valence-corrected chi connectivity index (χ4v) is 4.04. The Bertz CT molecular complexity index is 1050. The summed E-state index contributed by atoms with van der Waals surface area (Å²) >= 11 is 0. The number of aryl methyl sites for hydroxylation is 1. The second-order valence-corrected chi connectivity index (χ2v) is 9.44. The van der Waals surface area contributed by atoms with Crippen LogP contribution in [-0.4, -0.2) is 43.1 Å². The summed E-state index contributed by atoms with van der Waals surface area (Å²) in [5.74, 6) is 1.49. The van der Waals surface area contributed by atoms with E-state index in [9.17, 15) is 0 Å². The highest BCUT2D eigenvalue weighted by Gasteiger charge is 2.31. The number of carbonyl (C=O) groups excluding carboxylic acids is 1. The van der Waals surface area contributed by atoms with Gasteiger partial charge in [0.05, 0.1) is 0 Å². The maximum Gasteiger partial charge on any atom is 0.290 e. The minimum atomic E-state index is -0.250. The van der Waals surface area contributed by atoms with Crippen molar-refractivity contribution in [2.24, 2.45) is 28.5 Å². The maximum absolute atomic E-state index is 8.58. The molecule has 1 unspecified atom stereocenters. The number of nitrogens with one attached hydrogen (secondary N) is 1. The molecule has 0 aliphatic carbocycles. The van der Waals surface area contributed by atoms with E-state index in [2.05, 4.69) is 66.8 Å². The fraction of sp³-hybridized carbons (Fsp3) is 0.370. The fourth-order valence-electron chi connectivity index (χ4n) is 4.04. The molecule has 1 amide bonds. The van der Waals surface area contributed by atoms with Gasteiger partial charge in [-0.05, 0) is 71.7 Å². The van der Waals surface area contributed by atoms with Crippen molar-refractivity contribution in [3.8, 4) is 0 Å². The van der Waals surface area contributed by atoms with Crippen LogP contribution in [0.3, 0.4) is 0 Å². The van der Waals surface area contributed by atoms with Crippen LogP contribution >= 0.6 is 0 Å². The van der Waals surface area contributed by atoms with Gasteiger partial charge in [-0.2, -0.15) is 0 Å². The summed E-state index contributed by atoms with van der Waals surface area (Å²) < 4.78 is 0. The van der Waals surface area contributed by atoms with Crippen LogP contribution in [0.1, 0.15) is 43.9 Å². The third kappa shape index (κ3) is 8.65. The molecule has 1 aliphatic heterocycles. The SMILES string of the molecule is CNc1cc(C(/C=C(\N)c2cc(N3CCC(C(C)(C)C)C3)ccc2C)=C/N)ccn1.NC=O.O=CO. The van der Waals surface area contributed by atoms with Gasteiger partial charge in [-0.1, -0.05) is 26.8 Å². The van der Waals surface area contributed by atoms with Crippen LogP contribution in [0.25, 0.3) is 11.3 Å². The molecule has 196 valence electrons. The molecule has 9 nitrogen and oxygen atoms in total. The molecular formula is C27H40N6O3. The van der Waals surface area contributed by atoms with E-state index in [1.54, 1.807) is 12.4 Å². The highest BCUT2D eigenvalue weighted by atomic mass is 16.3. The Morgan fingerprint density at radius 2 is 1.83 bits per heavy atom. The van der Waals surface area contributed by atoms with E-state index in [1.807, 2.05) is 25.3 Å². The molecule has 0 bridgehead atoms. The molecule has 2 aromatic rings. The van der Waals surface area contributed by atoms with E-state index in [4.69, 9.17) is 26.2 Å². The van der Waals surface area contributed by atoms with Crippen LogP contribution in [0.15, 0.2) is 48.8 Å². The van der Waals surface area contributed by atoms with Crippen LogP contribution in [0, 0.1) is 18.3 Å². The monoisotopic (exact) mass is 496 g/mol. The van der Waals surface area contributed by atoms with E-state index in [-0.39, 0.29) is 12.9 Å². The van der Waals surface area contributed by atoms with E-state index < -0.39 is 0 Å². The van der Waals surface area contributed by atoms with Crippen molar-refractivity contribution in [1.82, 2.24) is 4.98 Å². The quantitative estimate of drug-likeness (QED) is 0.311. The number of pyridine rings is 1. The molecule has 1 atom stereocenters. The molecule has 36 heavy (non-hydrogen) atoms. The summed E-state index contributed by atoms with van der Waals surface area (Å²) in [6.45, 7) is 11.0. The number of nitrogens with two attached hydrogens (primary N) is 3. The molecule has 2 heterocycles. The first-order chi connectivity index (χ1) is 17.1. The summed E-state index contributed by atoms with van der Waals surface area (Å²) in [7, 11) is 1.85. The molecule has 1 aromatic carbocycles. The molecular weight excluding hydrogens is 456 g/mol. The van der Waals surface area contributed by atoms with Crippen molar-refractivity contribution in [2.75, 3.05) is 30.4 Å². The lowest BCUT2D eigenvalue weighted by atomic mass is 9.80. The number of primary amides is 1. The van der Waals surface area contributed by atoms with Gasteiger partial charge < -0.3 is 32.5 Å². The number of hydrogen-bond donors (Lipinski definition) is 5. The zero-order valence-corrected chi connectivity index (χ0v) is 21.9. The highest BCUT2D eigenvalue weighted by molar-refractivity contribution is 5.84. The predicted molar refractivity (Wildman–Crippen MR) is 148 cm³/mol. The van der Waals surface area contributed by atoms with Crippen LogP contribution in [0.4, 0.5) is 11.5 Å². The lowest BCUT2D eigenvalue weighted by molar-refractivity contribution is -0.122. The first kappa shape index (κ1) is 30.0. The van der Waals surface area contributed by atoms with Crippen LogP contribution in [0.5, 0.6) is 0 Å². The zero-order chi connectivity index (χ0) is 27.3. The van der Waals surface area contributed by atoms with Crippen molar-refractivity contribution in [3.63, 3.8) is 0 Å². The minimum Gasteiger partial charge on any atom is -0.483 e. The molecule has 1 aliphatic rings. The Labute approximate surface area is 214 Å². The Morgan fingerprint density at radius 3 is 2.36 bits per heavy atom. The number of allylic oxidation sites excluding steroid dienone is 2. The summed E-state index contributed by atoms with van der Waals surface area (Å²) in [5, 5.41) is 9.95. The van der Waals surface area contributed by atoms with Crippen LogP contribution in [-0.2, 0) is 9.59 Å². The van der Waals surface area contributed by atoms with Gasteiger partial charge in [0.1, 0.15) is 5.82 Å². The van der Waals surface area contributed by atoms with Gasteiger partial charge in [-0.25, -0.2) is 4.98 Å². The summed E-state index contributed by atoms with van der Waals surface area (Å²) in [5.41, 5.74) is 23.0. The Morgan fingerprint density at radius 1 is 1.19 bits per heavy atom. The normalized spacial score (nSPS) is 15.7. The van der Waals surface area contributed by atoms with Gasteiger partial charge in [0, 0.05) is 49.5 Å². The summed E-state index contributed by atoms with van der Waals surface area (Å²) in [4.78, 5) is 23.7. The smallest absolute Gasteiger partial charge is 0.290 e. The first-order valence-corrected chi connectivity index (χ1v) is 11.7. The van der Waals surface area contributed by atoms with Gasteiger partial charge in [0.2, 0.25) is 6.41 Å². The first-order valence-electron chi connectivity index (χ1n) is 11.7. The van der Waals surface area contributed by atoms with E-state index in [1.165, 1.54) is 12.1 Å². The highest BCUT2D eigenvalue weighted by Crippen LogP contribution is 2.36.